The molecule has 0 bridgehead atoms. The zero-order valence-electron chi connectivity index (χ0n) is 9.77. The maximum absolute atomic E-state index is 5.07. The van der Waals surface area contributed by atoms with Crippen molar-refractivity contribution in [1.29, 1.82) is 0 Å². The van der Waals surface area contributed by atoms with Gasteiger partial charge in [0.15, 0.2) is 0 Å². The van der Waals surface area contributed by atoms with Gasteiger partial charge in [-0.05, 0) is 6.92 Å². The lowest BCUT2D eigenvalue weighted by Gasteiger charge is -2.06. The fourth-order valence-electron chi connectivity index (χ4n) is 1.40. The van der Waals surface area contributed by atoms with E-state index in [1.807, 2.05) is 6.92 Å². The van der Waals surface area contributed by atoms with E-state index in [-0.39, 0.29) is 0 Å². The van der Waals surface area contributed by atoms with Gasteiger partial charge in [0.05, 0.1) is 7.11 Å². The number of aryl methyl sites for hydroxylation is 1. The molecule has 2 N–H and O–H groups in total. The molecule has 0 atom stereocenters. The molecule has 0 unspecified atom stereocenters. The van der Waals surface area contributed by atoms with Crippen LogP contribution in [-0.2, 0) is 6.42 Å². The highest BCUT2D eigenvalue weighted by molar-refractivity contribution is 5.38. The number of rotatable bonds is 5. The predicted octanol–water partition coefficient (Wildman–Crippen LogP) is 0.566. The number of aromatic amines is 1. The summed E-state index contributed by atoms with van der Waals surface area (Å²) in [6, 6.07) is 1.76. The first-order valence-electron chi connectivity index (χ1n) is 5.25. The largest absolute Gasteiger partial charge is 0.481 e. The smallest absolute Gasteiger partial charge is 0.218 e. The molecule has 0 fully saturated rings. The molecule has 2 heterocycles. The zero-order valence-corrected chi connectivity index (χ0v) is 9.77. The Labute approximate surface area is 98.7 Å². The van der Waals surface area contributed by atoms with E-state index in [9.17, 15) is 0 Å². The second-order valence-corrected chi connectivity index (χ2v) is 3.45. The number of hydrogen-bond donors (Lipinski definition) is 2. The number of ether oxygens (including phenoxy) is 1. The second-order valence-electron chi connectivity index (χ2n) is 3.45. The standard InChI is InChI=1S/C10H14N6O/c1-7-14-9(5-10(15-7)17-2)11-4-3-8-12-6-13-16-8/h5-6H,3-4H2,1-2H3,(H,11,14,15)(H,12,13,16). The monoisotopic (exact) mass is 234 g/mol. The molecule has 0 amide bonds. The molecule has 0 spiro atoms. The van der Waals surface area contributed by atoms with Crippen molar-refractivity contribution in [1.82, 2.24) is 25.1 Å². The van der Waals surface area contributed by atoms with Crippen molar-refractivity contribution < 1.29 is 4.74 Å². The molecule has 0 radical (unpaired) electrons. The van der Waals surface area contributed by atoms with Gasteiger partial charge >= 0.3 is 0 Å². The van der Waals surface area contributed by atoms with Crippen LogP contribution in [0.3, 0.4) is 0 Å². The van der Waals surface area contributed by atoms with E-state index in [0.717, 1.165) is 24.6 Å². The maximum Gasteiger partial charge on any atom is 0.218 e. The molecular formula is C10H14N6O. The molecule has 0 aliphatic rings. The van der Waals surface area contributed by atoms with Crippen molar-refractivity contribution in [3.05, 3.63) is 24.0 Å². The third-order valence-corrected chi connectivity index (χ3v) is 2.16. The fraction of sp³-hybridized carbons (Fsp3) is 0.400. The van der Waals surface area contributed by atoms with Crippen LogP contribution in [0.1, 0.15) is 11.6 Å². The van der Waals surface area contributed by atoms with Crippen molar-refractivity contribution >= 4 is 5.82 Å². The normalized spacial score (nSPS) is 10.2. The minimum absolute atomic E-state index is 0.555. The van der Waals surface area contributed by atoms with Crippen LogP contribution < -0.4 is 10.1 Å². The summed E-state index contributed by atoms with van der Waals surface area (Å²) in [5, 5.41) is 9.76. The molecule has 7 heteroatoms. The average molecular weight is 234 g/mol. The number of anilines is 1. The number of nitrogens with one attached hydrogen (secondary N) is 2. The van der Waals surface area contributed by atoms with Crippen molar-refractivity contribution in [2.45, 2.75) is 13.3 Å². The Balaban J connectivity index is 1.92. The van der Waals surface area contributed by atoms with Crippen LogP contribution in [0.2, 0.25) is 0 Å². The molecule has 2 aromatic heterocycles. The molecule has 2 aromatic rings. The lowest BCUT2D eigenvalue weighted by atomic mass is 10.4. The van der Waals surface area contributed by atoms with E-state index in [0.29, 0.717) is 11.7 Å². The van der Waals surface area contributed by atoms with Gasteiger partial charge in [-0.25, -0.2) is 9.97 Å². The van der Waals surface area contributed by atoms with Crippen molar-refractivity contribution in [3.63, 3.8) is 0 Å². The summed E-state index contributed by atoms with van der Waals surface area (Å²) >= 11 is 0. The lowest BCUT2D eigenvalue weighted by molar-refractivity contribution is 0.396. The molecular weight excluding hydrogens is 220 g/mol. The molecule has 0 saturated carbocycles. The van der Waals surface area contributed by atoms with Crippen molar-refractivity contribution in [3.8, 4) is 5.88 Å². The molecule has 0 aliphatic heterocycles. The summed E-state index contributed by atoms with van der Waals surface area (Å²) in [5.41, 5.74) is 0. The third kappa shape index (κ3) is 3.13. The molecule has 17 heavy (non-hydrogen) atoms. The van der Waals surface area contributed by atoms with Crippen LogP contribution in [0.25, 0.3) is 0 Å². The Morgan fingerprint density at radius 1 is 1.41 bits per heavy atom. The van der Waals surface area contributed by atoms with Gasteiger partial charge in [-0.15, -0.1) is 0 Å². The molecule has 2 rings (SSSR count). The lowest BCUT2D eigenvalue weighted by Crippen LogP contribution is -2.08. The first-order chi connectivity index (χ1) is 8.28. The average Bonchev–Trinajstić information content (AvgIpc) is 2.81. The van der Waals surface area contributed by atoms with Gasteiger partial charge in [0.1, 0.15) is 23.8 Å². The Hall–Kier alpha value is -2.18. The molecule has 0 saturated heterocycles. The van der Waals surface area contributed by atoms with E-state index < -0.39 is 0 Å². The van der Waals surface area contributed by atoms with Crippen LogP contribution in [0, 0.1) is 6.92 Å². The molecule has 0 aromatic carbocycles. The number of methoxy groups -OCH3 is 1. The summed E-state index contributed by atoms with van der Waals surface area (Å²) in [6.45, 7) is 2.54. The van der Waals surface area contributed by atoms with Crippen LogP contribution in [0.4, 0.5) is 5.82 Å². The third-order valence-electron chi connectivity index (χ3n) is 2.16. The number of nitrogens with zero attached hydrogens (tertiary/aromatic N) is 4. The Morgan fingerprint density at radius 3 is 3.00 bits per heavy atom. The molecule has 7 nitrogen and oxygen atoms in total. The summed E-state index contributed by atoms with van der Waals surface area (Å²) in [4.78, 5) is 12.4. The van der Waals surface area contributed by atoms with Gasteiger partial charge < -0.3 is 10.1 Å². The first-order valence-corrected chi connectivity index (χ1v) is 5.25. The predicted molar refractivity (Wildman–Crippen MR) is 61.9 cm³/mol. The van der Waals surface area contributed by atoms with Gasteiger partial charge in [0.25, 0.3) is 0 Å². The Kier molecular flexibility index (Phi) is 3.49. The van der Waals surface area contributed by atoms with Crippen LogP contribution in [-0.4, -0.2) is 38.8 Å². The van der Waals surface area contributed by atoms with E-state index in [4.69, 9.17) is 4.74 Å². The van der Waals surface area contributed by atoms with E-state index in [1.54, 1.807) is 13.2 Å². The van der Waals surface area contributed by atoms with E-state index in [2.05, 4.69) is 30.5 Å². The topological polar surface area (TPSA) is 88.6 Å². The number of hydrogen-bond acceptors (Lipinski definition) is 6. The highest BCUT2D eigenvalue weighted by Gasteiger charge is 2.02. The molecule has 90 valence electrons. The quantitative estimate of drug-likeness (QED) is 0.786. The van der Waals surface area contributed by atoms with Crippen molar-refractivity contribution in [2.24, 2.45) is 0 Å². The number of aromatic nitrogens is 5. The minimum atomic E-state index is 0.555. The van der Waals surface area contributed by atoms with Gasteiger partial charge in [-0.1, -0.05) is 0 Å². The summed E-state index contributed by atoms with van der Waals surface area (Å²) in [6.07, 6.45) is 2.25. The minimum Gasteiger partial charge on any atom is -0.481 e. The Bertz CT molecular complexity index is 470. The summed E-state index contributed by atoms with van der Waals surface area (Å²) in [7, 11) is 1.58. The SMILES string of the molecule is COc1cc(NCCc2ncn[nH]2)nc(C)n1. The van der Waals surface area contributed by atoms with Crippen LogP contribution in [0.15, 0.2) is 12.4 Å². The highest BCUT2D eigenvalue weighted by atomic mass is 16.5. The first kappa shape index (κ1) is 11.3. The second kappa shape index (κ2) is 5.24. The van der Waals surface area contributed by atoms with Gasteiger partial charge in [0.2, 0.25) is 5.88 Å². The summed E-state index contributed by atoms with van der Waals surface area (Å²) in [5.74, 6) is 2.82. The fourth-order valence-corrected chi connectivity index (χ4v) is 1.40. The highest BCUT2D eigenvalue weighted by Crippen LogP contribution is 2.12. The van der Waals surface area contributed by atoms with E-state index >= 15 is 0 Å². The summed E-state index contributed by atoms with van der Waals surface area (Å²) < 4.78 is 5.07. The van der Waals surface area contributed by atoms with Gasteiger partial charge in [-0.2, -0.15) is 10.1 Å². The number of H-pyrrole nitrogens is 1. The Morgan fingerprint density at radius 2 is 2.29 bits per heavy atom. The van der Waals surface area contributed by atoms with E-state index in [1.165, 1.54) is 6.33 Å². The van der Waals surface area contributed by atoms with Crippen LogP contribution >= 0.6 is 0 Å². The molecule has 0 aliphatic carbocycles. The zero-order chi connectivity index (χ0) is 12.1. The maximum atomic E-state index is 5.07. The van der Waals surface area contributed by atoms with Crippen LogP contribution in [0.5, 0.6) is 5.88 Å². The van der Waals surface area contributed by atoms with Gasteiger partial charge in [-0.3, -0.25) is 5.10 Å². The van der Waals surface area contributed by atoms with Gasteiger partial charge in [0, 0.05) is 19.0 Å². The van der Waals surface area contributed by atoms with Crippen molar-refractivity contribution in [2.75, 3.05) is 19.0 Å².